The predicted octanol–water partition coefficient (Wildman–Crippen LogP) is 2.16. The number of piperidine rings is 1. The lowest BCUT2D eigenvalue weighted by Crippen LogP contribution is -2.38. The van der Waals surface area contributed by atoms with Crippen molar-refractivity contribution >= 4 is 15.9 Å². The number of sulfonamides is 1. The zero-order valence-electron chi connectivity index (χ0n) is 16.6. The van der Waals surface area contributed by atoms with Gasteiger partial charge in [-0.2, -0.15) is 4.31 Å². The summed E-state index contributed by atoms with van der Waals surface area (Å²) in [6.07, 6.45) is 2.68. The Hall–Kier alpha value is -1.44. The molecule has 1 aromatic carbocycles. The number of carbonyl (C=O) groups excluding carboxylic acids is 1. The van der Waals surface area contributed by atoms with Gasteiger partial charge in [0.15, 0.2) is 0 Å². The second-order valence-electron chi connectivity index (χ2n) is 7.90. The molecule has 3 rings (SSSR count). The van der Waals surface area contributed by atoms with E-state index in [4.69, 9.17) is 0 Å². The van der Waals surface area contributed by atoms with E-state index in [1.807, 2.05) is 24.8 Å². The molecule has 2 saturated heterocycles. The molecule has 27 heavy (non-hydrogen) atoms. The van der Waals surface area contributed by atoms with E-state index < -0.39 is 10.0 Å². The smallest absolute Gasteiger partial charge is 0.253 e. The molecular formula is C20H31N3O3S. The Morgan fingerprint density at radius 2 is 1.78 bits per heavy atom. The van der Waals surface area contributed by atoms with Crippen LogP contribution in [0.2, 0.25) is 0 Å². The summed E-state index contributed by atoms with van der Waals surface area (Å²) in [4.78, 5) is 15.1. The van der Waals surface area contributed by atoms with Crippen LogP contribution in [0.3, 0.4) is 0 Å². The first-order valence-corrected chi connectivity index (χ1v) is 11.4. The number of aryl methyl sites for hydroxylation is 1. The van der Waals surface area contributed by atoms with Crippen molar-refractivity contribution in [3.8, 4) is 0 Å². The quantitative estimate of drug-likeness (QED) is 0.854. The number of carbonyl (C=O) groups is 1. The van der Waals surface area contributed by atoms with Crippen LogP contribution in [-0.2, 0) is 10.0 Å². The number of hydrogen-bond acceptors (Lipinski definition) is 4. The van der Waals surface area contributed by atoms with Crippen molar-refractivity contribution in [2.45, 2.75) is 44.9 Å². The first kappa shape index (κ1) is 20.3. The van der Waals surface area contributed by atoms with Crippen LogP contribution in [0.1, 0.15) is 47.7 Å². The van der Waals surface area contributed by atoms with Crippen LogP contribution in [0, 0.1) is 19.8 Å². The largest absolute Gasteiger partial charge is 0.337 e. The predicted molar refractivity (Wildman–Crippen MR) is 106 cm³/mol. The average Bonchev–Trinajstić information content (AvgIpc) is 2.93. The minimum atomic E-state index is -3.58. The van der Waals surface area contributed by atoms with E-state index in [1.165, 1.54) is 0 Å². The van der Waals surface area contributed by atoms with E-state index in [0.717, 1.165) is 43.5 Å². The van der Waals surface area contributed by atoms with Gasteiger partial charge < -0.3 is 10.2 Å². The second kappa shape index (κ2) is 8.29. The number of nitrogens with one attached hydrogen (secondary N) is 1. The summed E-state index contributed by atoms with van der Waals surface area (Å²) in [5.41, 5.74) is 2.06. The minimum absolute atomic E-state index is 0.0782. The molecule has 2 aliphatic rings. The van der Waals surface area contributed by atoms with Crippen molar-refractivity contribution in [1.29, 1.82) is 0 Å². The van der Waals surface area contributed by atoms with Crippen molar-refractivity contribution in [3.63, 3.8) is 0 Å². The van der Waals surface area contributed by atoms with Gasteiger partial charge in [0, 0.05) is 38.3 Å². The van der Waals surface area contributed by atoms with Gasteiger partial charge in [-0.25, -0.2) is 8.42 Å². The number of rotatable bonds is 3. The van der Waals surface area contributed by atoms with Gasteiger partial charge in [0.1, 0.15) is 0 Å². The molecule has 6 nitrogen and oxygen atoms in total. The molecule has 0 bridgehead atoms. The summed E-state index contributed by atoms with van der Waals surface area (Å²) in [5, 5.41) is 3.29. The molecule has 1 amide bonds. The second-order valence-corrected chi connectivity index (χ2v) is 9.80. The van der Waals surface area contributed by atoms with Gasteiger partial charge in [-0.1, -0.05) is 6.92 Å². The summed E-state index contributed by atoms with van der Waals surface area (Å²) in [7, 11) is -3.58. The Kier molecular flexibility index (Phi) is 6.23. The third kappa shape index (κ3) is 4.36. The molecule has 0 aliphatic carbocycles. The van der Waals surface area contributed by atoms with E-state index in [1.54, 1.807) is 10.4 Å². The van der Waals surface area contributed by atoms with E-state index in [2.05, 4.69) is 12.2 Å². The van der Waals surface area contributed by atoms with Gasteiger partial charge in [0.05, 0.1) is 4.90 Å². The van der Waals surface area contributed by atoms with Crippen LogP contribution in [0.25, 0.3) is 0 Å². The molecule has 150 valence electrons. The highest BCUT2D eigenvalue weighted by Gasteiger charge is 2.31. The summed E-state index contributed by atoms with van der Waals surface area (Å²) >= 11 is 0. The van der Waals surface area contributed by atoms with E-state index in [0.29, 0.717) is 37.7 Å². The summed E-state index contributed by atoms with van der Waals surface area (Å²) < 4.78 is 28.1. The lowest BCUT2D eigenvalue weighted by molar-refractivity contribution is 0.0766. The average molecular weight is 394 g/mol. The maximum absolute atomic E-state index is 13.3. The fraction of sp³-hybridized carbons (Fsp3) is 0.650. The Bertz CT molecular complexity index is 791. The Balaban J connectivity index is 1.93. The molecule has 0 unspecified atom stereocenters. The summed E-state index contributed by atoms with van der Waals surface area (Å²) in [6, 6.07) is 3.42. The van der Waals surface area contributed by atoms with Gasteiger partial charge >= 0.3 is 0 Å². The number of nitrogens with zero attached hydrogens (tertiary/aromatic N) is 2. The zero-order valence-corrected chi connectivity index (χ0v) is 17.4. The SMILES string of the molecule is Cc1cc(C(=O)N2CCCNCC2)cc(S(=O)(=O)N2CCC(C)CC2)c1C. The van der Waals surface area contributed by atoms with Crippen LogP contribution >= 0.6 is 0 Å². The number of benzene rings is 1. The Morgan fingerprint density at radius 1 is 1.07 bits per heavy atom. The first-order valence-electron chi connectivity index (χ1n) is 9.92. The first-order chi connectivity index (χ1) is 12.8. The van der Waals surface area contributed by atoms with Gasteiger partial charge in [-0.3, -0.25) is 4.79 Å². The van der Waals surface area contributed by atoms with E-state index >= 15 is 0 Å². The topological polar surface area (TPSA) is 69.7 Å². The standard InChI is InChI=1S/C20H31N3O3S/c1-15-5-10-23(11-6-15)27(25,26)19-14-18(13-16(2)17(19)3)20(24)22-9-4-7-21-8-12-22/h13-15,21H,4-12H2,1-3H3. The maximum atomic E-state index is 13.3. The maximum Gasteiger partial charge on any atom is 0.253 e. The zero-order chi connectivity index (χ0) is 19.6. The van der Waals surface area contributed by atoms with Gasteiger partial charge in [-0.15, -0.1) is 0 Å². The van der Waals surface area contributed by atoms with Crippen LogP contribution in [-0.4, -0.2) is 62.8 Å². The molecular weight excluding hydrogens is 362 g/mol. The Morgan fingerprint density at radius 3 is 2.48 bits per heavy atom. The highest BCUT2D eigenvalue weighted by Crippen LogP contribution is 2.28. The molecule has 1 aromatic rings. The molecule has 7 heteroatoms. The molecule has 0 spiro atoms. The fourth-order valence-corrected chi connectivity index (χ4v) is 5.61. The summed E-state index contributed by atoms with van der Waals surface area (Å²) in [5.74, 6) is 0.481. The van der Waals surface area contributed by atoms with Crippen LogP contribution in [0.5, 0.6) is 0 Å². The molecule has 2 heterocycles. The van der Waals surface area contributed by atoms with Crippen molar-refractivity contribution in [1.82, 2.24) is 14.5 Å². The summed E-state index contributed by atoms with van der Waals surface area (Å²) in [6.45, 7) is 10.0. The van der Waals surface area contributed by atoms with Gasteiger partial charge in [0.25, 0.3) is 5.91 Å². The van der Waals surface area contributed by atoms with Crippen molar-refractivity contribution < 1.29 is 13.2 Å². The van der Waals surface area contributed by atoms with Crippen molar-refractivity contribution in [2.75, 3.05) is 39.3 Å². The highest BCUT2D eigenvalue weighted by atomic mass is 32.2. The molecule has 0 aromatic heterocycles. The monoisotopic (exact) mass is 393 g/mol. The number of hydrogen-bond donors (Lipinski definition) is 1. The lowest BCUT2D eigenvalue weighted by Gasteiger charge is -2.30. The highest BCUT2D eigenvalue weighted by molar-refractivity contribution is 7.89. The number of amides is 1. The molecule has 1 N–H and O–H groups in total. The lowest BCUT2D eigenvalue weighted by atomic mass is 10.0. The van der Waals surface area contributed by atoms with Crippen LogP contribution in [0.15, 0.2) is 17.0 Å². The van der Waals surface area contributed by atoms with Gasteiger partial charge in [0.2, 0.25) is 10.0 Å². The molecule has 0 saturated carbocycles. The third-order valence-corrected chi connectivity index (χ3v) is 7.88. The third-order valence-electron chi connectivity index (χ3n) is 5.85. The van der Waals surface area contributed by atoms with Crippen molar-refractivity contribution in [3.05, 3.63) is 28.8 Å². The van der Waals surface area contributed by atoms with Gasteiger partial charge in [-0.05, 0) is 68.8 Å². The van der Waals surface area contributed by atoms with Crippen LogP contribution in [0.4, 0.5) is 0 Å². The van der Waals surface area contributed by atoms with Crippen LogP contribution < -0.4 is 5.32 Å². The molecule has 2 aliphatic heterocycles. The normalized spacial score (nSPS) is 20.5. The molecule has 2 fully saturated rings. The Labute approximate surface area is 163 Å². The minimum Gasteiger partial charge on any atom is -0.337 e. The molecule has 0 atom stereocenters. The molecule has 0 radical (unpaired) electrons. The fourth-order valence-electron chi connectivity index (χ4n) is 3.81. The van der Waals surface area contributed by atoms with Crippen molar-refractivity contribution in [2.24, 2.45) is 5.92 Å². The van der Waals surface area contributed by atoms with E-state index in [-0.39, 0.29) is 10.8 Å². The van der Waals surface area contributed by atoms with E-state index in [9.17, 15) is 13.2 Å².